The average Bonchev–Trinajstić information content (AvgIpc) is 3.14. The molecular weight excluding hydrogens is 816 g/mol. The Morgan fingerprint density at radius 1 is 0.569 bits per heavy atom. The second kappa shape index (κ2) is 20.4. The number of nitrogens with one attached hydrogen (secondary N) is 3. The van der Waals surface area contributed by atoms with E-state index in [4.69, 9.17) is 43.4 Å². The Labute approximate surface area is 330 Å². The van der Waals surface area contributed by atoms with Crippen LogP contribution in [0, 0.1) is 0 Å². The van der Waals surface area contributed by atoms with Crippen molar-refractivity contribution in [2.75, 3.05) is 26.4 Å². The Morgan fingerprint density at radius 3 is 1.36 bits per heavy atom. The van der Waals surface area contributed by atoms with Crippen molar-refractivity contribution in [2.45, 2.75) is 143 Å². The summed E-state index contributed by atoms with van der Waals surface area (Å²) in [5, 5.41) is 103. The third kappa shape index (κ3) is 11.5. The summed E-state index contributed by atoms with van der Waals surface area (Å²) in [4.78, 5) is 36.6. The van der Waals surface area contributed by atoms with Crippen LogP contribution in [0.3, 0.4) is 0 Å². The predicted octanol–water partition coefficient (Wildman–Crippen LogP) is -9.52. The van der Waals surface area contributed by atoms with Gasteiger partial charge >= 0.3 is 10.4 Å². The molecule has 0 aromatic rings. The lowest BCUT2D eigenvalue weighted by Gasteiger charge is -2.50. The van der Waals surface area contributed by atoms with E-state index in [1.807, 2.05) is 0 Å². The van der Waals surface area contributed by atoms with Crippen molar-refractivity contribution in [1.29, 1.82) is 0 Å². The number of aliphatic hydroxyl groups is 9. The summed E-state index contributed by atoms with van der Waals surface area (Å²) in [6.45, 7) is -0.659. The first-order valence-corrected chi connectivity index (χ1v) is 19.2. The van der Waals surface area contributed by atoms with E-state index < -0.39 is 177 Å². The molecule has 4 aliphatic rings. The quantitative estimate of drug-likeness (QED) is 0.0680. The van der Waals surface area contributed by atoms with E-state index in [9.17, 15) is 68.8 Å². The van der Waals surface area contributed by atoms with E-state index in [0.29, 0.717) is 0 Å². The fraction of sp³-hybridized carbons (Fsp3) is 0.900. The first-order valence-electron chi connectivity index (χ1n) is 17.8. The Morgan fingerprint density at radius 2 is 0.948 bits per heavy atom. The summed E-state index contributed by atoms with van der Waals surface area (Å²) < 4.78 is 76.4. The molecule has 0 aliphatic carbocycles. The number of amides is 3. The number of hydrogen-bond donors (Lipinski definition) is 14. The smallest absolute Gasteiger partial charge is 0.394 e. The van der Waals surface area contributed by atoms with Crippen LogP contribution in [-0.4, -0.2) is 226 Å². The molecule has 3 unspecified atom stereocenters. The molecule has 0 aromatic carbocycles. The van der Waals surface area contributed by atoms with Gasteiger partial charge in [-0.3, -0.25) is 18.9 Å². The van der Waals surface area contributed by atoms with Gasteiger partial charge in [0, 0.05) is 20.8 Å². The molecule has 27 nitrogen and oxygen atoms in total. The molecule has 4 fully saturated rings. The maximum atomic E-state index is 12.4. The molecule has 0 saturated carbocycles. The Balaban J connectivity index is 1.62. The van der Waals surface area contributed by atoms with Crippen LogP contribution in [0.4, 0.5) is 0 Å². The molecule has 4 saturated heterocycles. The molecule has 20 atom stereocenters. The van der Waals surface area contributed by atoms with Crippen molar-refractivity contribution in [3.63, 3.8) is 0 Å². The summed E-state index contributed by atoms with van der Waals surface area (Å²) >= 11 is 0. The maximum Gasteiger partial charge on any atom is 0.397 e. The van der Waals surface area contributed by atoms with Gasteiger partial charge in [-0.05, 0) is 0 Å². The first kappa shape index (κ1) is 48.3. The molecule has 0 aromatic heterocycles. The van der Waals surface area contributed by atoms with E-state index in [0.717, 1.165) is 20.8 Å². The minimum atomic E-state index is -5.13. The van der Waals surface area contributed by atoms with Crippen LogP contribution < -0.4 is 21.7 Å². The number of carbonyl (C=O) groups is 3. The van der Waals surface area contributed by atoms with Gasteiger partial charge in [0.15, 0.2) is 25.2 Å². The molecule has 4 aliphatic heterocycles. The first-order chi connectivity index (χ1) is 27.1. The number of nitrogens with two attached hydrogens (primary N) is 1. The number of hydrogen-bond acceptors (Lipinski definition) is 23. The molecular formula is C30H52N4O23S. The van der Waals surface area contributed by atoms with Crippen molar-refractivity contribution >= 4 is 28.1 Å². The second-order valence-corrected chi connectivity index (χ2v) is 15.1. The molecule has 0 bridgehead atoms. The fourth-order valence-corrected chi connectivity index (χ4v) is 7.26. The van der Waals surface area contributed by atoms with E-state index >= 15 is 0 Å². The number of ether oxygens (including phenoxy) is 7. The Hall–Kier alpha value is -2.40. The van der Waals surface area contributed by atoms with Gasteiger partial charge in [0.1, 0.15) is 91.4 Å². The molecule has 3 amide bonds. The minimum Gasteiger partial charge on any atom is -0.394 e. The lowest BCUT2D eigenvalue weighted by atomic mass is 9.93. The lowest BCUT2D eigenvalue weighted by Crippen LogP contribution is -2.71. The van der Waals surface area contributed by atoms with E-state index in [-0.39, 0.29) is 0 Å². The fourth-order valence-electron chi connectivity index (χ4n) is 6.95. The van der Waals surface area contributed by atoms with Crippen LogP contribution in [0.15, 0.2) is 0 Å². The summed E-state index contributed by atoms with van der Waals surface area (Å²) in [6.07, 6.45) is -28.0. The van der Waals surface area contributed by atoms with Gasteiger partial charge < -0.3 is 101 Å². The van der Waals surface area contributed by atoms with Crippen molar-refractivity contribution in [2.24, 2.45) is 5.73 Å². The standard InChI is InChI=1S/C30H52N4O23S/c1-8(38)32-16-21(43)26(14(51-27(16)46)7-50-58(47,48)49)57-30-18(34-10(3)40)23(45)25(13(6-37)54-30)56-29-17(33-9(2)39)22(44)24(12(5-36)53-29)55-28-15(31)20(42)19(41)11(4-35)52-28/h11-30,35-37,41-46H,4-7,31H2,1-3H3,(H,32,38)(H,33,39)(H,34,40)(H,47,48,49)/t11-,12+,13-,14-,15-,16-,17-,18-,19-,20-,21?,22?,23-,24?,25-,26-,27-,28+,29+,30+/m1/s1. The Kier molecular flexibility index (Phi) is 17.0. The molecule has 4 heterocycles. The van der Waals surface area contributed by atoms with Crippen molar-refractivity contribution < 1.29 is 111 Å². The average molecular weight is 869 g/mol. The van der Waals surface area contributed by atoms with E-state index in [1.54, 1.807) is 0 Å². The van der Waals surface area contributed by atoms with Gasteiger partial charge in [-0.2, -0.15) is 8.42 Å². The van der Waals surface area contributed by atoms with E-state index in [1.165, 1.54) is 0 Å². The topological polar surface area (TPSA) is 424 Å². The SMILES string of the molecule is CC(=O)N[C@H]1[C@H](O[C@H]2C(O)[C@@H](NC(C)=O)[C@H](O)O[C@@H]2COS(=O)(=O)O)O[C@H](CO)[C@@H](O[C@@H]2O[C@@H](CO)C(O[C@@H]3O[C@H](CO)[C@@H](O)[C@H](O)[C@H]3N)C(O)[C@H]2NC(C)=O)[C@@H]1O. The third-order valence-corrected chi connectivity index (χ3v) is 10.1. The number of aliphatic hydroxyl groups excluding tert-OH is 9. The normalized spacial score (nSPS) is 43.6. The summed E-state index contributed by atoms with van der Waals surface area (Å²) in [5.74, 6) is -2.34. The van der Waals surface area contributed by atoms with Gasteiger partial charge in [-0.25, -0.2) is 4.18 Å². The van der Waals surface area contributed by atoms with Gasteiger partial charge in [0.2, 0.25) is 17.7 Å². The highest BCUT2D eigenvalue weighted by Crippen LogP contribution is 2.34. The molecule has 58 heavy (non-hydrogen) atoms. The zero-order valence-corrected chi connectivity index (χ0v) is 32.0. The van der Waals surface area contributed by atoms with Gasteiger partial charge in [-0.1, -0.05) is 0 Å². The highest BCUT2D eigenvalue weighted by Gasteiger charge is 2.56. The minimum absolute atomic E-state index is 0.757. The highest BCUT2D eigenvalue weighted by molar-refractivity contribution is 7.80. The van der Waals surface area contributed by atoms with Gasteiger partial charge in [-0.15, -0.1) is 0 Å². The second-order valence-electron chi connectivity index (χ2n) is 14.0. The molecule has 0 spiro atoms. The van der Waals surface area contributed by atoms with Crippen molar-refractivity contribution in [3.8, 4) is 0 Å². The Bertz CT molecular complexity index is 1500. The summed E-state index contributed by atoms with van der Waals surface area (Å²) in [7, 11) is -5.13. The largest absolute Gasteiger partial charge is 0.397 e. The zero-order chi connectivity index (χ0) is 43.4. The molecule has 28 heteroatoms. The predicted molar refractivity (Wildman–Crippen MR) is 181 cm³/mol. The molecule has 0 radical (unpaired) electrons. The van der Waals surface area contributed by atoms with Crippen LogP contribution in [0.25, 0.3) is 0 Å². The summed E-state index contributed by atoms with van der Waals surface area (Å²) in [5.41, 5.74) is 5.97. The molecule has 15 N–H and O–H groups in total. The number of carbonyl (C=O) groups excluding carboxylic acids is 3. The van der Waals surface area contributed by atoms with Crippen LogP contribution in [-0.2, 0) is 62.1 Å². The van der Waals surface area contributed by atoms with Gasteiger partial charge in [0.05, 0.1) is 32.5 Å². The maximum absolute atomic E-state index is 12.4. The zero-order valence-electron chi connectivity index (χ0n) is 31.1. The highest BCUT2D eigenvalue weighted by atomic mass is 32.3. The van der Waals surface area contributed by atoms with Crippen LogP contribution in [0.1, 0.15) is 20.8 Å². The van der Waals surface area contributed by atoms with Gasteiger partial charge in [0.25, 0.3) is 0 Å². The third-order valence-electron chi connectivity index (χ3n) is 9.69. The lowest BCUT2D eigenvalue weighted by molar-refractivity contribution is -0.361. The van der Waals surface area contributed by atoms with Crippen molar-refractivity contribution in [1.82, 2.24) is 16.0 Å². The molecule has 4 rings (SSSR count). The summed E-state index contributed by atoms with van der Waals surface area (Å²) in [6, 6.07) is -6.41. The van der Waals surface area contributed by atoms with Crippen LogP contribution in [0.5, 0.6) is 0 Å². The number of rotatable bonds is 15. The van der Waals surface area contributed by atoms with Crippen molar-refractivity contribution in [3.05, 3.63) is 0 Å². The van der Waals surface area contributed by atoms with Crippen LogP contribution >= 0.6 is 0 Å². The molecule has 336 valence electrons. The van der Waals surface area contributed by atoms with E-state index in [2.05, 4.69) is 20.1 Å². The monoisotopic (exact) mass is 868 g/mol. The van der Waals surface area contributed by atoms with Crippen LogP contribution in [0.2, 0.25) is 0 Å².